The molecule has 4 heteroatoms. The van der Waals surface area contributed by atoms with Crippen LogP contribution in [0.1, 0.15) is 30.4 Å². The molecule has 2 rings (SSSR count). The molecule has 0 spiro atoms. The summed E-state index contributed by atoms with van der Waals surface area (Å²) in [7, 11) is 2.15. The van der Waals surface area contributed by atoms with Gasteiger partial charge in [0, 0.05) is 6.04 Å². The smallest absolute Gasteiger partial charge is 0.130 e. The molecule has 1 aliphatic heterocycles. The largest absolute Gasteiger partial charge is 0.491 e. The number of likely N-dealkylation sites (N-methyl/N-ethyl adjacent to an activating group) is 1. The number of amidine groups is 1. The molecule has 0 aliphatic carbocycles. The van der Waals surface area contributed by atoms with E-state index in [1.54, 1.807) is 0 Å². The molecule has 4 nitrogen and oxygen atoms in total. The van der Waals surface area contributed by atoms with Gasteiger partial charge in [-0.25, -0.2) is 0 Å². The van der Waals surface area contributed by atoms with Crippen LogP contribution in [0.3, 0.4) is 0 Å². The van der Waals surface area contributed by atoms with Gasteiger partial charge in [-0.1, -0.05) is 12.5 Å². The Morgan fingerprint density at radius 1 is 1.47 bits per heavy atom. The Morgan fingerprint density at radius 3 is 2.95 bits per heavy atom. The van der Waals surface area contributed by atoms with Crippen molar-refractivity contribution in [1.82, 2.24) is 4.90 Å². The van der Waals surface area contributed by atoms with Crippen LogP contribution in [-0.4, -0.2) is 37.0 Å². The number of hydrogen-bond donors (Lipinski definition) is 2. The van der Waals surface area contributed by atoms with Gasteiger partial charge in [0.25, 0.3) is 0 Å². The van der Waals surface area contributed by atoms with Gasteiger partial charge in [0.2, 0.25) is 0 Å². The zero-order valence-electron chi connectivity index (χ0n) is 11.8. The third kappa shape index (κ3) is 3.47. The SMILES string of the molecule is Cc1ccc(C(=N)N)c(OCC2CCCCN2C)c1. The van der Waals surface area contributed by atoms with Crippen LogP contribution in [0.25, 0.3) is 0 Å². The minimum Gasteiger partial charge on any atom is -0.491 e. The highest BCUT2D eigenvalue weighted by atomic mass is 16.5. The second kappa shape index (κ2) is 6.06. The van der Waals surface area contributed by atoms with Gasteiger partial charge in [-0.2, -0.15) is 0 Å². The number of nitrogens with zero attached hydrogens (tertiary/aromatic N) is 1. The Bertz CT molecular complexity index is 459. The van der Waals surface area contributed by atoms with Crippen molar-refractivity contribution in [2.75, 3.05) is 20.2 Å². The summed E-state index contributed by atoms with van der Waals surface area (Å²) in [5.74, 6) is 0.790. The lowest BCUT2D eigenvalue weighted by Gasteiger charge is -2.32. The molecule has 0 aromatic heterocycles. The number of likely N-dealkylation sites (tertiary alicyclic amines) is 1. The molecular weight excluding hydrogens is 238 g/mol. The highest BCUT2D eigenvalue weighted by Gasteiger charge is 2.20. The van der Waals surface area contributed by atoms with Gasteiger partial charge in [-0.3, -0.25) is 5.41 Å². The number of nitrogen functional groups attached to an aromatic ring is 1. The van der Waals surface area contributed by atoms with Gasteiger partial charge in [0.15, 0.2) is 0 Å². The number of benzene rings is 1. The summed E-state index contributed by atoms with van der Waals surface area (Å²) in [5, 5.41) is 7.60. The van der Waals surface area contributed by atoms with Crippen LogP contribution in [0.4, 0.5) is 0 Å². The van der Waals surface area contributed by atoms with Gasteiger partial charge in [-0.15, -0.1) is 0 Å². The van der Waals surface area contributed by atoms with Gasteiger partial charge in [-0.05, 0) is 51.1 Å². The molecule has 3 N–H and O–H groups in total. The number of ether oxygens (including phenoxy) is 1. The lowest BCUT2D eigenvalue weighted by atomic mass is 10.0. The first-order valence-corrected chi connectivity index (χ1v) is 6.86. The molecule has 0 bridgehead atoms. The van der Waals surface area contributed by atoms with Crippen LogP contribution in [0.15, 0.2) is 18.2 Å². The Labute approximate surface area is 115 Å². The van der Waals surface area contributed by atoms with Crippen LogP contribution in [-0.2, 0) is 0 Å². The molecule has 104 valence electrons. The summed E-state index contributed by atoms with van der Waals surface area (Å²) in [4.78, 5) is 2.35. The second-order valence-electron chi connectivity index (χ2n) is 5.35. The molecule has 1 saturated heterocycles. The Kier molecular flexibility index (Phi) is 4.43. The van der Waals surface area contributed by atoms with E-state index in [1.165, 1.54) is 19.3 Å². The first-order chi connectivity index (χ1) is 9.08. The summed E-state index contributed by atoms with van der Waals surface area (Å²) in [6.07, 6.45) is 3.72. The molecule has 0 amide bonds. The van der Waals surface area contributed by atoms with E-state index in [4.69, 9.17) is 15.9 Å². The Balaban J connectivity index is 2.05. The zero-order chi connectivity index (χ0) is 13.8. The quantitative estimate of drug-likeness (QED) is 0.645. The maximum Gasteiger partial charge on any atom is 0.130 e. The van der Waals surface area contributed by atoms with E-state index in [1.807, 2.05) is 25.1 Å². The molecule has 1 aliphatic rings. The average molecular weight is 261 g/mol. The molecule has 19 heavy (non-hydrogen) atoms. The fourth-order valence-corrected chi connectivity index (χ4v) is 2.51. The summed E-state index contributed by atoms with van der Waals surface area (Å²) in [5.41, 5.74) is 7.40. The molecule has 1 heterocycles. The van der Waals surface area contributed by atoms with Crippen molar-refractivity contribution >= 4 is 5.84 Å². The fraction of sp³-hybridized carbons (Fsp3) is 0.533. The Hall–Kier alpha value is -1.55. The van der Waals surface area contributed by atoms with E-state index in [0.29, 0.717) is 18.2 Å². The predicted molar refractivity (Wildman–Crippen MR) is 78.0 cm³/mol. The molecular formula is C15H23N3O. The van der Waals surface area contributed by atoms with Crippen molar-refractivity contribution in [3.63, 3.8) is 0 Å². The lowest BCUT2D eigenvalue weighted by molar-refractivity contribution is 0.125. The highest BCUT2D eigenvalue weighted by Crippen LogP contribution is 2.22. The van der Waals surface area contributed by atoms with Crippen molar-refractivity contribution in [2.24, 2.45) is 5.73 Å². The van der Waals surface area contributed by atoms with E-state index in [9.17, 15) is 0 Å². The van der Waals surface area contributed by atoms with Crippen LogP contribution in [0.2, 0.25) is 0 Å². The number of nitrogens with one attached hydrogen (secondary N) is 1. The Morgan fingerprint density at radius 2 is 2.26 bits per heavy atom. The normalized spacial score (nSPS) is 20.2. The molecule has 1 unspecified atom stereocenters. The molecule has 0 saturated carbocycles. The second-order valence-corrected chi connectivity index (χ2v) is 5.35. The summed E-state index contributed by atoms with van der Waals surface area (Å²) in [6, 6.07) is 6.24. The third-order valence-electron chi connectivity index (χ3n) is 3.78. The van der Waals surface area contributed by atoms with E-state index >= 15 is 0 Å². The molecule has 1 aromatic carbocycles. The van der Waals surface area contributed by atoms with Gasteiger partial charge >= 0.3 is 0 Å². The minimum absolute atomic E-state index is 0.0620. The van der Waals surface area contributed by atoms with Crippen LogP contribution in [0.5, 0.6) is 5.75 Å². The van der Waals surface area contributed by atoms with Crippen molar-refractivity contribution in [3.8, 4) is 5.75 Å². The third-order valence-corrected chi connectivity index (χ3v) is 3.78. The standard InChI is InChI=1S/C15H23N3O/c1-11-6-7-13(15(16)17)14(9-11)19-10-12-5-3-4-8-18(12)2/h6-7,9,12H,3-5,8,10H2,1-2H3,(H3,16,17). The van der Waals surface area contributed by atoms with E-state index in [0.717, 1.165) is 17.9 Å². The van der Waals surface area contributed by atoms with Crippen molar-refractivity contribution in [3.05, 3.63) is 29.3 Å². The number of aryl methyl sites for hydroxylation is 1. The van der Waals surface area contributed by atoms with Crippen molar-refractivity contribution < 1.29 is 4.74 Å². The molecule has 1 aromatic rings. The molecule has 1 atom stereocenters. The topological polar surface area (TPSA) is 62.3 Å². The molecule has 0 radical (unpaired) electrons. The molecule has 1 fully saturated rings. The van der Waals surface area contributed by atoms with Gasteiger partial charge in [0.05, 0.1) is 5.56 Å². The zero-order valence-corrected chi connectivity index (χ0v) is 11.8. The maximum atomic E-state index is 7.60. The van der Waals surface area contributed by atoms with Crippen LogP contribution in [0, 0.1) is 12.3 Å². The number of hydrogen-bond acceptors (Lipinski definition) is 3. The van der Waals surface area contributed by atoms with Crippen molar-refractivity contribution in [2.45, 2.75) is 32.2 Å². The monoisotopic (exact) mass is 261 g/mol. The number of piperidine rings is 1. The maximum absolute atomic E-state index is 7.60. The van der Waals surface area contributed by atoms with Gasteiger partial charge < -0.3 is 15.4 Å². The predicted octanol–water partition coefficient (Wildman–Crippen LogP) is 2.14. The lowest BCUT2D eigenvalue weighted by Crippen LogP contribution is -2.40. The summed E-state index contributed by atoms with van der Waals surface area (Å²) < 4.78 is 5.93. The average Bonchev–Trinajstić information content (AvgIpc) is 2.37. The number of rotatable bonds is 4. The van der Waals surface area contributed by atoms with Crippen LogP contribution < -0.4 is 10.5 Å². The highest BCUT2D eigenvalue weighted by molar-refractivity contribution is 5.97. The summed E-state index contributed by atoms with van der Waals surface area (Å²) >= 11 is 0. The first kappa shape index (κ1) is 13.9. The van der Waals surface area contributed by atoms with E-state index in [2.05, 4.69) is 11.9 Å². The van der Waals surface area contributed by atoms with E-state index in [-0.39, 0.29) is 5.84 Å². The minimum atomic E-state index is 0.0620. The van der Waals surface area contributed by atoms with E-state index < -0.39 is 0 Å². The number of nitrogens with two attached hydrogens (primary N) is 1. The first-order valence-electron chi connectivity index (χ1n) is 6.86. The van der Waals surface area contributed by atoms with Crippen LogP contribution >= 0.6 is 0 Å². The fourth-order valence-electron chi connectivity index (χ4n) is 2.51. The van der Waals surface area contributed by atoms with Crippen molar-refractivity contribution in [1.29, 1.82) is 5.41 Å². The summed E-state index contributed by atoms with van der Waals surface area (Å²) in [6.45, 7) is 3.82. The van der Waals surface area contributed by atoms with Gasteiger partial charge in [0.1, 0.15) is 18.2 Å².